The Bertz CT molecular complexity index is 577. The van der Waals surface area contributed by atoms with Gasteiger partial charge in [-0.2, -0.15) is 0 Å². The molecule has 0 aliphatic carbocycles. The Balaban J connectivity index is 3.49. The molecule has 0 aromatic heterocycles. The van der Waals surface area contributed by atoms with Crippen LogP contribution in [0.4, 0.5) is 15.8 Å². The fourth-order valence-corrected chi connectivity index (χ4v) is 1.80. The van der Waals surface area contributed by atoms with Crippen molar-refractivity contribution in [1.82, 2.24) is 0 Å². The minimum absolute atomic E-state index is 0.0987. The van der Waals surface area contributed by atoms with E-state index in [2.05, 4.69) is 17.9 Å². The second-order valence-electron chi connectivity index (χ2n) is 4.05. The smallest absolute Gasteiger partial charge is 0.340 e. The Kier molecular flexibility index (Phi) is 5.59. The largest absolute Gasteiger partial charge is 0.465 e. The molecule has 0 bridgehead atoms. The average Bonchev–Trinajstić information content (AvgIpc) is 2.46. The number of nitro benzene ring substituents is 1. The molecule has 6 nitrogen and oxygen atoms in total. The van der Waals surface area contributed by atoms with Gasteiger partial charge in [-0.1, -0.05) is 12.2 Å². The van der Waals surface area contributed by atoms with Gasteiger partial charge in [0.1, 0.15) is 11.5 Å². The summed E-state index contributed by atoms with van der Waals surface area (Å²) in [7, 11) is 1.11. The van der Waals surface area contributed by atoms with Crippen molar-refractivity contribution in [2.75, 3.05) is 25.1 Å². The lowest BCUT2D eigenvalue weighted by Crippen LogP contribution is -2.24. The Hall–Kier alpha value is -2.70. The van der Waals surface area contributed by atoms with Crippen LogP contribution >= 0.6 is 0 Å². The molecule has 0 aliphatic rings. The molecule has 0 amide bonds. The van der Waals surface area contributed by atoms with E-state index in [1.54, 1.807) is 4.90 Å². The highest BCUT2D eigenvalue weighted by molar-refractivity contribution is 5.92. The number of halogens is 1. The van der Waals surface area contributed by atoms with E-state index in [-0.39, 0.29) is 24.3 Å². The quantitative estimate of drug-likeness (QED) is 0.334. The summed E-state index contributed by atoms with van der Waals surface area (Å²) >= 11 is 0. The number of hydrogen-bond acceptors (Lipinski definition) is 5. The number of benzene rings is 1. The summed E-state index contributed by atoms with van der Waals surface area (Å²) in [5.74, 6) is -1.91. The SMILES string of the molecule is C=CCN(CC=C)c1cc(C(=O)OC)c(F)cc1[N+](=O)[O-]. The molecule has 0 radical (unpaired) electrons. The van der Waals surface area contributed by atoms with Crippen LogP contribution in [0.5, 0.6) is 0 Å². The van der Waals surface area contributed by atoms with Crippen LogP contribution in [0.1, 0.15) is 10.4 Å². The Labute approximate surface area is 121 Å². The molecular weight excluding hydrogens is 279 g/mol. The van der Waals surface area contributed by atoms with Gasteiger partial charge < -0.3 is 9.64 Å². The van der Waals surface area contributed by atoms with Crippen molar-refractivity contribution in [2.24, 2.45) is 0 Å². The van der Waals surface area contributed by atoms with E-state index in [1.807, 2.05) is 0 Å². The Morgan fingerprint density at radius 1 is 1.43 bits per heavy atom. The van der Waals surface area contributed by atoms with E-state index < -0.39 is 22.4 Å². The van der Waals surface area contributed by atoms with Gasteiger partial charge in [-0.25, -0.2) is 9.18 Å². The van der Waals surface area contributed by atoms with Crippen molar-refractivity contribution in [3.05, 3.63) is 58.9 Å². The fraction of sp³-hybridized carbons (Fsp3) is 0.214. The summed E-state index contributed by atoms with van der Waals surface area (Å²) in [5, 5.41) is 11.1. The van der Waals surface area contributed by atoms with Gasteiger partial charge >= 0.3 is 5.97 Å². The third-order valence-electron chi connectivity index (χ3n) is 2.71. The van der Waals surface area contributed by atoms with Crippen LogP contribution in [0.2, 0.25) is 0 Å². The number of esters is 1. The lowest BCUT2D eigenvalue weighted by atomic mass is 10.1. The second kappa shape index (κ2) is 7.18. The summed E-state index contributed by atoms with van der Waals surface area (Å²) in [4.78, 5) is 23.4. The van der Waals surface area contributed by atoms with Gasteiger partial charge in [0.05, 0.1) is 23.7 Å². The average molecular weight is 294 g/mol. The molecule has 1 rings (SSSR count). The predicted molar refractivity (Wildman–Crippen MR) is 77.0 cm³/mol. The first-order chi connectivity index (χ1) is 9.96. The van der Waals surface area contributed by atoms with Gasteiger partial charge in [0, 0.05) is 13.1 Å². The molecule has 7 heteroatoms. The van der Waals surface area contributed by atoms with Crippen molar-refractivity contribution < 1.29 is 18.8 Å². The molecule has 1 aromatic rings. The first-order valence-electron chi connectivity index (χ1n) is 5.99. The number of rotatable bonds is 7. The van der Waals surface area contributed by atoms with E-state index >= 15 is 0 Å². The van der Waals surface area contributed by atoms with E-state index in [1.165, 1.54) is 12.2 Å². The van der Waals surface area contributed by atoms with E-state index in [9.17, 15) is 19.3 Å². The van der Waals surface area contributed by atoms with Gasteiger partial charge in [-0.05, 0) is 6.07 Å². The number of carbonyl (C=O) groups excluding carboxylic acids is 1. The predicted octanol–water partition coefficient (Wildman–Crippen LogP) is 2.70. The van der Waals surface area contributed by atoms with E-state index in [0.29, 0.717) is 6.07 Å². The maximum Gasteiger partial charge on any atom is 0.340 e. The summed E-state index contributed by atoms with van der Waals surface area (Å²) < 4.78 is 18.3. The lowest BCUT2D eigenvalue weighted by molar-refractivity contribution is -0.384. The summed E-state index contributed by atoms with van der Waals surface area (Å²) in [6.45, 7) is 7.68. The molecule has 0 N–H and O–H groups in total. The number of carbonyl (C=O) groups is 1. The van der Waals surface area contributed by atoms with Gasteiger partial charge in [0.25, 0.3) is 5.69 Å². The second-order valence-corrected chi connectivity index (χ2v) is 4.05. The minimum Gasteiger partial charge on any atom is -0.465 e. The van der Waals surface area contributed by atoms with Crippen molar-refractivity contribution in [3.63, 3.8) is 0 Å². The monoisotopic (exact) mass is 294 g/mol. The molecule has 0 heterocycles. The molecule has 112 valence electrons. The third-order valence-corrected chi connectivity index (χ3v) is 2.71. The van der Waals surface area contributed by atoms with Crippen molar-refractivity contribution in [2.45, 2.75) is 0 Å². The van der Waals surface area contributed by atoms with E-state index in [0.717, 1.165) is 13.2 Å². The number of nitrogens with zero attached hydrogens (tertiary/aromatic N) is 2. The van der Waals surface area contributed by atoms with Gasteiger partial charge in [0.15, 0.2) is 0 Å². The number of ether oxygens (including phenoxy) is 1. The highest BCUT2D eigenvalue weighted by Crippen LogP contribution is 2.31. The molecule has 0 atom stereocenters. The summed E-state index contributed by atoms with van der Waals surface area (Å²) in [6, 6.07) is 1.81. The minimum atomic E-state index is -1.01. The van der Waals surface area contributed by atoms with Crippen LogP contribution in [0.25, 0.3) is 0 Å². The fourth-order valence-electron chi connectivity index (χ4n) is 1.80. The maximum atomic E-state index is 13.8. The number of anilines is 1. The standard InChI is InChI=1S/C14H15FN2O4/c1-4-6-16(7-5-2)12-8-10(14(18)21-3)11(15)9-13(12)17(19)20/h4-5,8-9H,1-2,6-7H2,3H3. The highest BCUT2D eigenvalue weighted by Gasteiger charge is 2.25. The van der Waals surface area contributed by atoms with Crippen LogP contribution in [0, 0.1) is 15.9 Å². The first kappa shape index (κ1) is 16.4. The normalized spacial score (nSPS) is 9.81. The summed E-state index contributed by atoms with van der Waals surface area (Å²) in [5.41, 5.74) is -0.707. The molecule has 0 fully saturated rings. The molecule has 0 unspecified atom stereocenters. The Morgan fingerprint density at radius 2 is 2.00 bits per heavy atom. The van der Waals surface area contributed by atoms with E-state index in [4.69, 9.17) is 0 Å². The first-order valence-corrected chi connectivity index (χ1v) is 5.99. The number of hydrogen-bond donors (Lipinski definition) is 0. The molecule has 0 spiro atoms. The number of methoxy groups -OCH3 is 1. The molecular formula is C14H15FN2O4. The zero-order valence-corrected chi connectivity index (χ0v) is 11.5. The van der Waals surface area contributed by atoms with Crippen LogP contribution in [-0.2, 0) is 4.74 Å². The molecule has 1 aromatic carbocycles. The van der Waals surface area contributed by atoms with Gasteiger partial charge in [0.2, 0.25) is 0 Å². The molecule has 0 saturated carbocycles. The maximum absolute atomic E-state index is 13.8. The van der Waals surface area contributed by atoms with Gasteiger partial charge in [-0.15, -0.1) is 13.2 Å². The zero-order valence-electron chi connectivity index (χ0n) is 11.5. The van der Waals surface area contributed by atoms with Crippen molar-refractivity contribution >= 4 is 17.3 Å². The van der Waals surface area contributed by atoms with Crippen LogP contribution in [0.15, 0.2) is 37.4 Å². The van der Waals surface area contributed by atoms with Crippen molar-refractivity contribution in [1.29, 1.82) is 0 Å². The van der Waals surface area contributed by atoms with Crippen LogP contribution in [-0.4, -0.2) is 31.1 Å². The third kappa shape index (κ3) is 3.65. The lowest BCUT2D eigenvalue weighted by Gasteiger charge is -2.22. The molecule has 0 aliphatic heterocycles. The molecule has 0 saturated heterocycles. The van der Waals surface area contributed by atoms with Crippen molar-refractivity contribution in [3.8, 4) is 0 Å². The van der Waals surface area contributed by atoms with Crippen LogP contribution < -0.4 is 4.90 Å². The molecule has 21 heavy (non-hydrogen) atoms. The van der Waals surface area contributed by atoms with Gasteiger partial charge in [-0.3, -0.25) is 10.1 Å². The van der Waals surface area contributed by atoms with Crippen LogP contribution in [0.3, 0.4) is 0 Å². The zero-order chi connectivity index (χ0) is 16.0. The number of nitro groups is 1. The topological polar surface area (TPSA) is 72.7 Å². The highest BCUT2D eigenvalue weighted by atomic mass is 19.1. The Morgan fingerprint density at radius 3 is 2.43 bits per heavy atom. The summed E-state index contributed by atoms with van der Waals surface area (Å²) in [6.07, 6.45) is 3.07.